The first-order valence-corrected chi connectivity index (χ1v) is 8.74. The van der Waals surface area contributed by atoms with Gasteiger partial charge in [-0.15, -0.1) is 11.3 Å². The van der Waals surface area contributed by atoms with Gasteiger partial charge in [0.15, 0.2) is 0 Å². The second kappa shape index (κ2) is 5.60. The molecule has 0 aromatic carbocycles. The summed E-state index contributed by atoms with van der Waals surface area (Å²) in [6.07, 6.45) is 2.11. The zero-order valence-corrected chi connectivity index (χ0v) is 12.5. The first-order chi connectivity index (χ1) is 8.91. The molecule has 5 nitrogen and oxygen atoms in total. The van der Waals surface area contributed by atoms with Gasteiger partial charge in [-0.1, -0.05) is 6.92 Å². The molecule has 0 radical (unpaired) electrons. The van der Waals surface area contributed by atoms with Crippen LogP contribution >= 0.6 is 11.3 Å². The first kappa shape index (κ1) is 14.5. The molecule has 0 saturated carbocycles. The van der Waals surface area contributed by atoms with E-state index in [2.05, 4.69) is 0 Å². The molecule has 1 aliphatic heterocycles. The first-order valence-electron chi connectivity index (χ1n) is 6.31. The lowest BCUT2D eigenvalue weighted by Crippen LogP contribution is -2.46. The van der Waals surface area contributed by atoms with Gasteiger partial charge in [0.05, 0.1) is 10.1 Å². The van der Waals surface area contributed by atoms with E-state index in [-0.39, 0.29) is 12.5 Å². The number of carbonyl (C=O) groups is 1. The van der Waals surface area contributed by atoms with E-state index < -0.39 is 15.3 Å². The molecule has 2 N–H and O–H groups in total. The smallest absolute Gasteiger partial charge is 0.263 e. The molecule has 1 aliphatic rings. The van der Waals surface area contributed by atoms with Crippen molar-refractivity contribution in [3.05, 3.63) is 21.9 Å². The minimum Gasteiger partial charge on any atom is -0.337 e. The number of carbonyl (C=O) groups excluding carboxylic acids is 1. The third-order valence-electron chi connectivity index (χ3n) is 3.35. The van der Waals surface area contributed by atoms with Gasteiger partial charge >= 0.3 is 0 Å². The van der Waals surface area contributed by atoms with Crippen molar-refractivity contribution in [3.63, 3.8) is 0 Å². The second-order valence-corrected chi connectivity index (χ2v) is 7.74. The Labute approximate surface area is 117 Å². The van der Waals surface area contributed by atoms with E-state index in [1.54, 1.807) is 4.90 Å². The van der Waals surface area contributed by atoms with E-state index in [0.29, 0.717) is 24.3 Å². The number of sulfonamides is 1. The molecule has 1 unspecified atom stereocenters. The number of thiophene rings is 1. The quantitative estimate of drug-likeness (QED) is 0.911. The number of likely N-dealkylation sites (tertiary alicyclic amines) is 1. The van der Waals surface area contributed by atoms with E-state index >= 15 is 0 Å². The molecule has 7 heteroatoms. The molecule has 1 atom stereocenters. The highest BCUT2D eigenvalue weighted by Crippen LogP contribution is 2.22. The SMILES string of the molecule is CCc1ccc(C(=O)N2CCCC(S(N)(=O)=O)C2)s1. The largest absolute Gasteiger partial charge is 0.337 e. The third kappa shape index (κ3) is 3.34. The minimum atomic E-state index is -3.56. The van der Waals surface area contributed by atoms with Gasteiger partial charge in [0.1, 0.15) is 0 Å². The molecule has 1 aromatic heterocycles. The molecule has 0 spiro atoms. The average molecular weight is 302 g/mol. The molecular weight excluding hydrogens is 284 g/mol. The standard InChI is InChI=1S/C12H18N2O3S2/c1-2-9-5-6-11(18-9)12(15)14-7-3-4-10(8-14)19(13,16)17/h5-6,10H,2-4,7-8H2,1H3,(H2,13,16,17). The van der Waals surface area contributed by atoms with Gasteiger partial charge in [-0.05, 0) is 31.4 Å². The highest BCUT2D eigenvalue weighted by Gasteiger charge is 2.31. The van der Waals surface area contributed by atoms with E-state index in [0.717, 1.165) is 11.3 Å². The van der Waals surface area contributed by atoms with Crippen LogP contribution in [0.25, 0.3) is 0 Å². The minimum absolute atomic E-state index is 0.0851. The van der Waals surface area contributed by atoms with Gasteiger partial charge in [-0.2, -0.15) is 0 Å². The maximum Gasteiger partial charge on any atom is 0.263 e. The summed E-state index contributed by atoms with van der Waals surface area (Å²) in [6.45, 7) is 2.85. The summed E-state index contributed by atoms with van der Waals surface area (Å²) in [5.74, 6) is -0.0851. The van der Waals surface area contributed by atoms with Gasteiger partial charge in [0, 0.05) is 18.0 Å². The predicted octanol–water partition coefficient (Wildman–Crippen LogP) is 1.20. The summed E-state index contributed by atoms with van der Waals surface area (Å²) in [6, 6.07) is 3.76. The third-order valence-corrected chi connectivity index (χ3v) is 5.88. The van der Waals surface area contributed by atoms with E-state index in [4.69, 9.17) is 5.14 Å². The van der Waals surface area contributed by atoms with Crippen molar-refractivity contribution in [2.75, 3.05) is 13.1 Å². The lowest BCUT2D eigenvalue weighted by Gasteiger charge is -2.31. The highest BCUT2D eigenvalue weighted by molar-refractivity contribution is 7.89. The topological polar surface area (TPSA) is 80.5 Å². The van der Waals surface area contributed by atoms with E-state index in [1.165, 1.54) is 11.3 Å². The summed E-state index contributed by atoms with van der Waals surface area (Å²) in [5, 5.41) is 4.54. The van der Waals surface area contributed by atoms with Gasteiger partial charge in [-0.25, -0.2) is 13.6 Å². The molecule has 2 heterocycles. The summed E-state index contributed by atoms with van der Waals surface area (Å²) < 4.78 is 22.8. The summed E-state index contributed by atoms with van der Waals surface area (Å²) in [4.78, 5) is 15.7. The number of rotatable bonds is 3. The number of primary sulfonamides is 1. The Kier molecular flexibility index (Phi) is 4.27. The number of nitrogens with two attached hydrogens (primary N) is 1. The molecular formula is C12H18N2O3S2. The van der Waals surface area contributed by atoms with Crippen molar-refractivity contribution in [3.8, 4) is 0 Å². The van der Waals surface area contributed by atoms with Gasteiger partial charge < -0.3 is 4.90 Å². The fraction of sp³-hybridized carbons (Fsp3) is 0.583. The summed E-state index contributed by atoms with van der Waals surface area (Å²) in [5.41, 5.74) is 0. The lowest BCUT2D eigenvalue weighted by molar-refractivity contribution is 0.0732. The van der Waals surface area contributed by atoms with Crippen molar-refractivity contribution < 1.29 is 13.2 Å². The van der Waals surface area contributed by atoms with Gasteiger partial charge in [0.2, 0.25) is 10.0 Å². The maximum absolute atomic E-state index is 12.3. The van der Waals surface area contributed by atoms with Crippen LogP contribution in [0.1, 0.15) is 34.3 Å². The number of aryl methyl sites for hydroxylation is 1. The van der Waals surface area contributed by atoms with Crippen LogP contribution in [0.4, 0.5) is 0 Å². The van der Waals surface area contributed by atoms with Crippen LogP contribution < -0.4 is 5.14 Å². The number of piperidine rings is 1. The predicted molar refractivity (Wildman–Crippen MR) is 75.7 cm³/mol. The molecule has 1 fully saturated rings. The average Bonchev–Trinajstić information content (AvgIpc) is 2.86. The maximum atomic E-state index is 12.3. The summed E-state index contributed by atoms with van der Waals surface area (Å²) >= 11 is 1.47. The Morgan fingerprint density at radius 1 is 1.53 bits per heavy atom. The monoisotopic (exact) mass is 302 g/mol. The van der Waals surface area contributed by atoms with Crippen LogP contribution in [0.3, 0.4) is 0 Å². The molecule has 1 saturated heterocycles. The Hall–Kier alpha value is -0.920. The number of hydrogen-bond donors (Lipinski definition) is 1. The Morgan fingerprint density at radius 3 is 2.84 bits per heavy atom. The van der Waals surface area contributed by atoms with Gasteiger partial charge in [-0.3, -0.25) is 4.79 Å². The number of hydrogen-bond acceptors (Lipinski definition) is 4. The Morgan fingerprint density at radius 2 is 2.26 bits per heavy atom. The Balaban J connectivity index is 2.11. The van der Waals surface area contributed by atoms with Crippen LogP contribution in [0.5, 0.6) is 0 Å². The molecule has 0 aliphatic carbocycles. The van der Waals surface area contributed by atoms with Crippen LogP contribution in [0.15, 0.2) is 12.1 Å². The summed E-state index contributed by atoms with van der Waals surface area (Å²) in [7, 11) is -3.56. The second-order valence-electron chi connectivity index (χ2n) is 4.72. The molecule has 19 heavy (non-hydrogen) atoms. The molecule has 1 amide bonds. The highest BCUT2D eigenvalue weighted by atomic mass is 32.2. The molecule has 106 valence electrons. The normalized spacial score (nSPS) is 20.5. The van der Waals surface area contributed by atoms with Crippen LogP contribution in [-0.4, -0.2) is 37.6 Å². The van der Waals surface area contributed by atoms with E-state index in [9.17, 15) is 13.2 Å². The van der Waals surface area contributed by atoms with Crippen molar-refractivity contribution in [2.24, 2.45) is 5.14 Å². The lowest BCUT2D eigenvalue weighted by atomic mass is 10.1. The van der Waals surface area contributed by atoms with Crippen molar-refractivity contribution in [2.45, 2.75) is 31.4 Å². The number of nitrogens with zero attached hydrogens (tertiary/aromatic N) is 1. The zero-order chi connectivity index (χ0) is 14.0. The van der Waals surface area contributed by atoms with E-state index in [1.807, 2.05) is 19.1 Å². The van der Waals surface area contributed by atoms with Crippen molar-refractivity contribution >= 4 is 27.3 Å². The Bertz CT molecular complexity index is 565. The fourth-order valence-electron chi connectivity index (χ4n) is 2.23. The van der Waals surface area contributed by atoms with Crippen LogP contribution in [0, 0.1) is 0 Å². The number of amides is 1. The fourth-order valence-corrected chi connectivity index (χ4v) is 4.03. The van der Waals surface area contributed by atoms with Crippen LogP contribution in [-0.2, 0) is 16.4 Å². The zero-order valence-electron chi connectivity index (χ0n) is 10.8. The molecule has 1 aromatic rings. The van der Waals surface area contributed by atoms with Gasteiger partial charge in [0.25, 0.3) is 5.91 Å². The van der Waals surface area contributed by atoms with Crippen molar-refractivity contribution in [1.29, 1.82) is 0 Å². The molecule has 2 rings (SSSR count). The van der Waals surface area contributed by atoms with Crippen molar-refractivity contribution in [1.82, 2.24) is 4.90 Å². The van der Waals surface area contributed by atoms with Crippen LogP contribution in [0.2, 0.25) is 0 Å². The molecule has 0 bridgehead atoms.